The second-order valence-electron chi connectivity index (χ2n) is 1.97. The molecule has 0 amide bonds. The van der Waals surface area contributed by atoms with Crippen molar-refractivity contribution in [2.45, 2.75) is 0 Å². The molecule has 0 bridgehead atoms. The minimum absolute atomic E-state index is 0.502. The highest BCUT2D eigenvalue weighted by atomic mass is 15.2. The van der Waals surface area contributed by atoms with E-state index in [-0.39, 0.29) is 0 Å². The Bertz CT molecular complexity index is 423. The van der Waals surface area contributed by atoms with Gasteiger partial charge in [-0.15, -0.1) is 16.6 Å². The number of nitrogens with zero attached hydrogens (tertiary/aromatic N) is 4. The van der Waals surface area contributed by atoms with E-state index < -0.39 is 0 Å². The van der Waals surface area contributed by atoms with E-state index >= 15 is 0 Å². The summed E-state index contributed by atoms with van der Waals surface area (Å²) in [6.45, 7) is 0. The van der Waals surface area contributed by atoms with E-state index in [1.807, 2.05) is 0 Å². The van der Waals surface area contributed by atoms with Gasteiger partial charge in [0, 0.05) is 12.4 Å². The zero-order valence-electron chi connectivity index (χ0n) is 5.60. The fraction of sp³-hybridized carbons (Fsp3) is 0. The second kappa shape index (κ2) is 2.06. The molecule has 0 saturated heterocycles. The fourth-order valence-corrected chi connectivity index (χ4v) is 0.852. The Labute approximate surface area is 62.9 Å². The third-order valence-electron chi connectivity index (χ3n) is 1.34. The van der Waals surface area contributed by atoms with Crippen LogP contribution in [0.5, 0.6) is 0 Å². The predicted molar refractivity (Wildman–Crippen MR) is 38.7 cm³/mol. The van der Waals surface area contributed by atoms with E-state index in [0.717, 1.165) is 0 Å². The van der Waals surface area contributed by atoms with Crippen molar-refractivity contribution in [1.29, 1.82) is 0 Å². The first-order chi connectivity index (χ1) is 5.42. The van der Waals surface area contributed by atoms with Gasteiger partial charge >= 0.3 is 0 Å². The highest BCUT2D eigenvalue weighted by molar-refractivity contribution is 5.37. The van der Waals surface area contributed by atoms with E-state index in [9.17, 15) is 0 Å². The van der Waals surface area contributed by atoms with Gasteiger partial charge in [-0.3, -0.25) is 9.38 Å². The van der Waals surface area contributed by atoms with Crippen LogP contribution in [0.4, 0.5) is 0 Å². The number of hydrogen-bond donors (Lipinski definition) is 0. The van der Waals surface area contributed by atoms with Crippen molar-refractivity contribution >= 4 is 5.65 Å². The number of terminal acetylenes is 1. The Morgan fingerprint density at radius 2 is 2.36 bits per heavy atom. The Kier molecular flexibility index (Phi) is 1.10. The Balaban J connectivity index is 2.89. The van der Waals surface area contributed by atoms with Gasteiger partial charge in [-0.1, -0.05) is 0 Å². The molecule has 2 rings (SSSR count). The van der Waals surface area contributed by atoms with Crippen LogP contribution in [-0.4, -0.2) is 19.6 Å². The normalized spacial score (nSPS) is 9.73. The first-order valence-corrected chi connectivity index (χ1v) is 3.03. The van der Waals surface area contributed by atoms with Crippen molar-refractivity contribution in [2.24, 2.45) is 0 Å². The highest BCUT2D eigenvalue weighted by Crippen LogP contribution is 1.97. The third kappa shape index (κ3) is 0.749. The lowest BCUT2D eigenvalue weighted by molar-refractivity contribution is 1.07. The summed E-state index contributed by atoms with van der Waals surface area (Å²) >= 11 is 0. The van der Waals surface area contributed by atoms with Crippen LogP contribution in [0.1, 0.15) is 5.82 Å². The van der Waals surface area contributed by atoms with Gasteiger partial charge in [-0.2, -0.15) is 0 Å². The Morgan fingerprint density at radius 1 is 1.45 bits per heavy atom. The minimum Gasteiger partial charge on any atom is -0.273 e. The molecule has 0 aromatic carbocycles. The van der Waals surface area contributed by atoms with Crippen molar-refractivity contribution < 1.29 is 0 Å². The van der Waals surface area contributed by atoms with Crippen molar-refractivity contribution in [3.8, 4) is 12.3 Å². The molecule has 0 unspecified atom stereocenters. The maximum atomic E-state index is 5.17. The largest absolute Gasteiger partial charge is 0.273 e. The standard InChI is InChI=1S/C7H4N4/c1-2-6-9-10-7-5-8-3-4-11(6)7/h1,3-5H. The lowest BCUT2D eigenvalue weighted by atomic mass is 10.6. The van der Waals surface area contributed by atoms with Gasteiger partial charge in [0.05, 0.1) is 6.20 Å². The molecule has 2 aromatic heterocycles. The molecule has 0 fully saturated rings. The van der Waals surface area contributed by atoms with E-state index in [1.165, 1.54) is 0 Å². The molecule has 4 heteroatoms. The summed E-state index contributed by atoms with van der Waals surface area (Å²) in [5.74, 6) is 2.91. The van der Waals surface area contributed by atoms with Crippen LogP contribution >= 0.6 is 0 Å². The molecule has 0 aliphatic heterocycles. The van der Waals surface area contributed by atoms with Crippen LogP contribution in [0.2, 0.25) is 0 Å². The lowest BCUT2D eigenvalue weighted by Gasteiger charge is -1.88. The maximum Gasteiger partial charge on any atom is 0.212 e. The highest BCUT2D eigenvalue weighted by Gasteiger charge is 1.98. The molecule has 0 saturated carbocycles. The van der Waals surface area contributed by atoms with Crippen molar-refractivity contribution in [2.75, 3.05) is 0 Å². The summed E-state index contributed by atoms with van der Waals surface area (Å²) < 4.78 is 1.70. The van der Waals surface area contributed by atoms with Crippen molar-refractivity contribution in [3.05, 3.63) is 24.4 Å². The zero-order valence-corrected chi connectivity index (χ0v) is 5.60. The summed E-state index contributed by atoms with van der Waals surface area (Å²) in [5, 5.41) is 7.55. The van der Waals surface area contributed by atoms with Crippen molar-refractivity contribution in [1.82, 2.24) is 19.6 Å². The van der Waals surface area contributed by atoms with Crippen molar-refractivity contribution in [3.63, 3.8) is 0 Å². The second-order valence-corrected chi connectivity index (χ2v) is 1.97. The van der Waals surface area contributed by atoms with Crippen LogP contribution in [0, 0.1) is 12.3 Å². The maximum absolute atomic E-state index is 5.17. The molecule has 0 spiro atoms. The SMILES string of the molecule is C#Cc1nnc2cnccn12. The molecule has 0 radical (unpaired) electrons. The van der Waals surface area contributed by atoms with Gasteiger partial charge in [0.1, 0.15) is 0 Å². The van der Waals surface area contributed by atoms with E-state index in [0.29, 0.717) is 11.5 Å². The molecule has 4 nitrogen and oxygen atoms in total. The Morgan fingerprint density at radius 3 is 3.18 bits per heavy atom. The predicted octanol–water partition coefficient (Wildman–Crippen LogP) is 0.106. The number of aromatic nitrogens is 4. The van der Waals surface area contributed by atoms with Crippen LogP contribution in [0.3, 0.4) is 0 Å². The molecule has 11 heavy (non-hydrogen) atoms. The molecule has 2 aromatic rings. The van der Waals surface area contributed by atoms with Gasteiger partial charge < -0.3 is 0 Å². The van der Waals surface area contributed by atoms with E-state index in [4.69, 9.17) is 6.42 Å². The molecule has 0 atom stereocenters. The first kappa shape index (κ1) is 5.86. The quantitative estimate of drug-likeness (QED) is 0.493. The van der Waals surface area contributed by atoms with Gasteiger partial charge in [-0.05, 0) is 5.92 Å². The summed E-state index contributed by atoms with van der Waals surface area (Å²) in [7, 11) is 0. The average molecular weight is 144 g/mol. The van der Waals surface area contributed by atoms with Gasteiger partial charge in [0.15, 0.2) is 5.65 Å². The van der Waals surface area contributed by atoms with Crippen LogP contribution in [0.25, 0.3) is 5.65 Å². The monoisotopic (exact) mass is 144 g/mol. The average Bonchev–Trinajstić information content (AvgIpc) is 2.47. The smallest absolute Gasteiger partial charge is 0.212 e. The molecule has 2 heterocycles. The van der Waals surface area contributed by atoms with Gasteiger partial charge in [0.25, 0.3) is 0 Å². The topological polar surface area (TPSA) is 43.1 Å². The molecular weight excluding hydrogens is 140 g/mol. The Hall–Kier alpha value is -1.89. The number of hydrogen-bond acceptors (Lipinski definition) is 3. The van der Waals surface area contributed by atoms with Gasteiger partial charge in [-0.25, -0.2) is 0 Å². The molecule has 0 aliphatic carbocycles. The minimum atomic E-state index is 0.502. The summed E-state index contributed by atoms with van der Waals surface area (Å²) in [6, 6.07) is 0. The fourth-order valence-electron chi connectivity index (χ4n) is 0.852. The molecule has 0 N–H and O–H groups in total. The number of rotatable bonds is 0. The lowest BCUT2D eigenvalue weighted by Crippen LogP contribution is -1.87. The van der Waals surface area contributed by atoms with Crippen LogP contribution in [0.15, 0.2) is 18.6 Å². The zero-order chi connectivity index (χ0) is 7.68. The summed E-state index contributed by atoms with van der Waals surface area (Å²) in [5.41, 5.74) is 0.667. The van der Waals surface area contributed by atoms with E-state index in [2.05, 4.69) is 21.1 Å². The molecule has 0 aliphatic rings. The van der Waals surface area contributed by atoms with Crippen LogP contribution in [-0.2, 0) is 0 Å². The van der Waals surface area contributed by atoms with Gasteiger partial charge in [0.2, 0.25) is 5.82 Å². The first-order valence-electron chi connectivity index (χ1n) is 3.03. The number of fused-ring (bicyclic) bond motifs is 1. The molecular formula is C7H4N4. The van der Waals surface area contributed by atoms with Crippen LogP contribution < -0.4 is 0 Å². The van der Waals surface area contributed by atoms with E-state index in [1.54, 1.807) is 23.0 Å². The summed E-state index contributed by atoms with van der Waals surface area (Å²) in [6.07, 6.45) is 10.1. The third-order valence-corrected chi connectivity index (χ3v) is 1.34. The molecule has 52 valence electrons. The summed E-state index contributed by atoms with van der Waals surface area (Å²) in [4.78, 5) is 3.87.